The molecule has 0 atom stereocenters. The average molecular weight is 198 g/mol. The molecular formula is C6H2F4Ti. The van der Waals surface area contributed by atoms with E-state index in [1.807, 2.05) is 0 Å². The first-order valence-electron chi connectivity index (χ1n) is 2.41. The fourth-order valence-corrected chi connectivity index (χ4v) is 0.498. The van der Waals surface area contributed by atoms with Gasteiger partial charge in [-0.05, 0) is 0 Å². The van der Waals surface area contributed by atoms with Gasteiger partial charge in [-0.1, -0.05) is 0 Å². The molecule has 0 nitrogen and oxygen atoms in total. The fraction of sp³-hybridized carbons (Fsp3) is 0. The van der Waals surface area contributed by atoms with Crippen LogP contribution in [0.2, 0.25) is 0 Å². The molecule has 1 aromatic rings. The summed E-state index contributed by atoms with van der Waals surface area (Å²) in [6.45, 7) is 0. The molecule has 58 valence electrons. The molecule has 0 aliphatic rings. The maximum Gasteiger partial charge on any atom is 0.161 e. The first kappa shape index (κ1) is 10.7. The molecule has 0 N–H and O–H groups in total. The van der Waals surface area contributed by atoms with Crippen LogP contribution < -0.4 is 0 Å². The minimum absolute atomic E-state index is 0. The molecular weight excluding hydrogens is 196 g/mol. The van der Waals surface area contributed by atoms with Crippen molar-refractivity contribution < 1.29 is 39.3 Å². The van der Waals surface area contributed by atoms with Gasteiger partial charge in [-0.25, -0.2) is 17.6 Å². The molecule has 0 spiro atoms. The second kappa shape index (κ2) is 3.88. The van der Waals surface area contributed by atoms with E-state index in [1.54, 1.807) is 0 Å². The summed E-state index contributed by atoms with van der Waals surface area (Å²) < 4.78 is 47.9. The van der Waals surface area contributed by atoms with E-state index in [0.29, 0.717) is 0 Å². The molecule has 0 aromatic heterocycles. The van der Waals surface area contributed by atoms with Gasteiger partial charge in [0.1, 0.15) is 0 Å². The number of benzene rings is 1. The van der Waals surface area contributed by atoms with Gasteiger partial charge in [0.2, 0.25) is 0 Å². The maximum atomic E-state index is 12.0. The summed E-state index contributed by atoms with van der Waals surface area (Å²) in [5, 5.41) is 0. The van der Waals surface area contributed by atoms with E-state index >= 15 is 0 Å². The first-order chi connectivity index (χ1) is 4.61. The van der Waals surface area contributed by atoms with Gasteiger partial charge >= 0.3 is 0 Å². The molecule has 1 aromatic carbocycles. The van der Waals surface area contributed by atoms with Gasteiger partial charge < -0.3 is 0 Å². The van der Waals surface area contributed by atoms with E-state index in [9.17, 15) is 17.6 Å². The third-order valence-electron chi connectivity index (χ3n) is 0.963. The van der Waals surface area contributed by atoms with Crippen molar-refractivity contribution in [1.29, 1.82) is 0 Å². The maximum absolute atomic E-state index is 12.0. The predicted molar refractivity (Wildman–Crippen MR) is 26.3 cm³/mol. The zero-order valence-electron chi connectivity index (χ0n) is 5.17. The van der Waals surface area contributed by atoms with E-state index in [-0.39, 0.29) is 33.9 Å². The van der Waals surface area contributed by atoms with Crippen molar-refractivity contribution in [3.8, 4) is 0 Å². The second-order valence-corrected chi connectivity index (χ2v) is 1.68. The largest absolute Gasteiger partial charge is 0.204 e. The fourth-order valence-electron chi connectivity index (χ4n) is 0.498. The molecule has 0 unspecified atom stereocenters. The Morgan fingerprint density at radius 3 is 1.00 bits per heavy atom. The number of hydrogen-bond acceptors (Lipinski definition) is 0. The first-order valence-corrected chi connectivity index (χ1v) is 2.41. The zero-order valence-corrected chi connectivity index (χ0v) is 6.73. The van der Waals surface area contributed by atoms with E-state index < -0.39 is 23.3 Å². The van der Waals surface area contributed by atoms with Gasteiger partial charge in [-0.2, -0.15) is 0 Å². The van der Waals surface area contributed by atoms with Crippen molar-refractivity contribution in [2.24, 2.45) is 0 Å². The summed E-state index contributed by atoms with van der Waals surface area (Å²) in [6, 6.07) is 0.315. The van der Waals surface area contributed by atoms with E-state index in [0.717, 1.165) is 0 Å². The van der Waals surface area contributed by atoms with Gasteiger partial charge in [0.25, 0.3) is 0 Å². The molecule has 0 aliphatic carbocycles. The van der Waals surface area contributed by atoms with E-state index in [2.05, 4.69) is 0 Å². The molecule has 11 heavy (non-hydrogen) atoms. The van der Waals surface area contributed by atoms with Gasteiger partial charge in [-0.15, -0.1) is 0 Å². The van der Waals surface area contributed by atoms with Crippen LogP contribution in [-0.2, 0) is 21.7 Å². The van der Waals surface area contributed by atoms with Gasteiger partial charge in [0, 0.05) is 33.9 Å². The van der Waals surface area contributed by atoms with Crippen molar-refractivity contribution in [1.82, 2.24) is 0 Å². The summed E-state index contributed by atoms with van der Waals surface area (Å²) in [6.07, 6.45) is 0. The van der Waals surface area contributed by atoms with E-state index in [4.69, 9.17) is 0 Å². The van der Waals surface area contributed by atoms with Gasteiger partial charge in [-0.3, -0.25) is 0 Å². The molecule has 0 saturated carbocycles. The Kier molecular flexibility index (Phi) is 3.76. The van der Waals surface area contributed by atoms with Crippen molar-refractivity contribution >= 4 is 0 Å². The molecule has 1 rings (SSSR count). The molecule has 5 heteroatoms. The van der Waals surface area contributed by atoms with Crippen LogP contribution in [0.4, 0.5) is 17.6 Å². The van der Waals surface area contributed by atoms with Gasteiger partial charge in [0.05, 0.1) is 0 Å². The third kappa shape index (κ3) is 2.31. The molecule has 0 radical (unpaired) electrons. The van der Waals surface area contributed by atoms with Crippen LogP contribution in [0.15, 0.2) is 12.1 Å². The third-order valence-corrected chi connectivity index (χ3v) is 0.963. The summed E-state index contributed by atoms with van der Waals surface area (Å²) in [7, 11) is 0. The Morgan fingerprint density at radius 2 is 0.818 bits per heavy atom. The van der Waals surface area contributed by atoms with Crippen molar-refractivity contribution in [2.45, 2.75) is 0 Å². The number of halogens is 4. The Bertz CT molecular complexity index is 211. The molecule has 0 fully saturated rings. The van der Waals surface area contributed by atoms with Crippen LogP contribution in [0.3, 0.4) is 0 Å². The Labute approximate surface area is 75.1 Å². The van der Waals surface area contributed by atoms with Crippen molar-refractivity contribution in [3.05, 3.63) is 35.4 Å². The second-order valence-electron chi connectivity index (χ2n) is 1.68. The minimum Gasteiger partial charge on any atom is -0.204 e. The molecule has 0 heterocycles. The standard InChI is InChI=1S/C6H2F4.Ti/c7-3-1-4(8)6(10)2-5(3)9;/h1-2H;. The molecule has 0 aliphatic heterocycles. The van der Waals surface area contributed by atoms with Gasteiger partial charge in [0.15, 0.2) is 23.3 Å². The molecule has 0 saturated heterocycles. The predicted octanol–water partition coefficient (Wildman–Crippen LogP) is 2.24. The Balaban J connectivity index is 0.000001000. The van der Waals surface area contributed by atoms with Crippen LogP contribution in [0.5, 0.6) is 0 Å². The minimum atomic E-state index is -1.39. The summed E-state index contributed by atoms with van der Waals surface area (Å²) in [5.41, 5.74) is 0. The quantitative estimate of drug-likeness (QED) is 0.340. The molecule has 0 amide bonds. The Hall–Kier alpha value is -0.346. The number of hydrogen-bond donors (Lipinski definition) is 0. The van der Waals surface area contributed by atoms with Crippen LogP contribution in [0.1, 0.15) is 0 Å². The van der Waals surface area contributed by atoms with E-state index in [1.165, 1.54) is 0 Å². The van der Waals surface area contributed by atoms with Crippen LogP contribution in [-0.4, -0.2) is 0 Å². The van der Waals surface area contributed by atoms with Crippen molar-refractivity contribution in [3.63, 3.8) is 0 Å². The monoisotopic (exact) mass is 198 g/mol. The summed E-state index contributed by atoms with van der Waals surface area (Å²) in [5.74, 6) is -5.56. The number of rotatable bonds is 0. The smallest absolute Gasteiger partial charge is 0.161 e. The Morgan fingerprint density at radius 1 is 0.636 bits per heavy atom. The topological polar surface area (TPSA) is 0 Å². The zero-order chi connectivity index (χ0) is 7.72. The average Bonchev–Trinajstić information content (AvgIpc) is 1.84. The van der Waals surface area contributed by atoms with Crippen LogP contribution in [0.25, 0.3) is 0 Å². The van der Waals surface area contributed by atoms with Crippen molar-refractivity contribution in [2.75, 3.05) is 0 Å². The van der Waals surface area contributed by atoms with Crippen LogP contribution in [0, 0.1) is 23.3 Å². The normalized spacial score (nSPS) is 9.09. The molecule has 0 bridgehead atoms. The SMILES string of the molecule is Fc1cc(F)c(F)cc1F.[Ti]. The summed E-state index contributed by atoms with van der Waals surface area (Å²) in [4.78, 5) is 0. The summed E-state index contributed by atoms with van der Waals surface area (Å²) >= 11 is 0. The van der Waals surface area contributed by atoms with Crippen LogP contribution >= 0.6 is 0 Å².